The number of amides is 1. The van der Waals surface area contributed by atoms with E-state index < -0.39 is 5.91 Å². The Morgan fingerprint density at radius 3 is 2.45 bits per heavy atom. The summed E-state index contributed by atoms with van der Waals surface area (Å²) in [7, 11) is 0. The number of nitrogens with one attached hydrogen (secondary N) is 1. The van der Waals surface area contributed by atoms with E-state index in [-0.39, 0.29) is 11.3 Å². The lowest BCUT2D eigenvalue weighted by Crippen LogP contribution is -2.12. The second kappa shape index (κ2) is 5.58. The maximum atomic E-state index is 12.3. The lowest BCUT2D eigenvalue weighted by molar-refractivity contribution is 0.102. The molecule has 0 aliphatic carbocycles. The number of phenols is 1. The smallest absolute Gasteiger partial charge is 0.259 e. The monoisotopic (exact) mass is 288 g/mol. The van der Waals surface area contributed by atoms with Gasteiger partial charge in [0.25, 0.3) is 5.91 Å². The fraction of sp³-hybridized carbons (Fsp3) is 0. The maximum absolute atomic E-state index is 12.3. The molecule has 0 saturated carbocycles. The Morgan fingerprint density at radius 1 is 1.00 bits per heavy atom. The van der Waals surface area contributed by atoms with Crippen molar-refractivity contribution in [2.45, 2.75) is 0 Å². The number of fused-ring (bicyclic) bond motifs is 1. The van der Waals surface area contributed by atoms with Crippen molar-refractivity contribution in [3.8, 4) is 11.8 Å². The van der Waals surface area contributed by atoms with Gasteiger partial charge in [0.1, 0.15) is 5.75 Å². The van der Waals surface area contributed by atoms with Gasteiger partial charge in [-0.25, -0.2) is 0 Å². The number of carbonyl (C=O) groups excluding carboxylic acids is 1. The standard InChI is InChI=1S/C18H12N2O2/c19-11-12-5-8-14(9-6-12)20-18(22)16-10-7-13-3-1-2-4-15(13)17(16)21/h1-10,21H,(H,20,22). The van der Waals surface area contributed by atoms with Crippen molar-refractivity contribution in [2.75, 3.05) is 5.32 Å². The molecule has 0 saturated heterocycles. The highest BCUT2D eigenvalue weighted by atomic mass is 16.3. The number of rotatable bonds is 2. The normalized spacial score (nSPS) is 10.1. The highest BCUT2D eigenvalue weighted by Gasteiger charge is 2.13. The fourth-order valence-corrected chi connectivity index (χ4v) is 2.26. The van der Waals surface area contributed by atoms with Gasteiger partial charge in [-0.05, 0) is 35.7 Å². The molecule has 0 unspecified atom stereocenters. The molecule has 22 heavy (non-hydrogen) atoms. The van der Waals surface area contributed by atoms with Crippen LogP contribution in [0.4, 0.5) is 5.69 Å². The summed E-state index contributed by atoms with van der Waals surface area (Å²) >= 11 is 0. The van der Waals surface area contributed by atoms with E-state index in [0.717, 1.165) is 5.39 Å². The van der Waals surface area contributed by atoms with Crippen molar-refractivity contribution in [1.29, 1.82) is 5.26 Å². The molecule has 0 radical (unpaired) electrons. The first-order valence-electron chi connectivity index (χ1n) is 6.71. The lowest BCUT2D eigenvalue weighted by atomic mass is 10.0. The van der Waals surface area contributed by atoms with Crippen LogP contribution >= 0.6 is 0 Å². The SMILES string of the molecule is N#Cc1ccc(NC(=O)c2ccc3ccccc3c2O)cc1. The highest BCUT2D eigenvalue weighted by Crippen LogP contribution is 2.29. The van der Waals surface area contributed by atoms with Crippen LogP contribution in [0.3, 0.4) is 0 Å². The van der Waals surface area contributed by atoms with Crippen molar-refractivity contribution in [3.63, 3.8) is 0 Å². The number of nitrogens with zero attached hydrogens (tertiary/aromatic N) is 1. The Labute approximate surface area is 127 Å². The van der Waals surface area contributed by atoms with Crippen molar-refractivity contribution in [1.82, 2.24) is 0 Å². The van der Waals surface area contributed by atoms with Crippen molar-refractivity contribution >= 4 is 22.4 Å². The predicted octanol–water partition coefficient (Wildman–Crippen LogP) is 3.67. The zero-order valence-corrected chi connectivity index (χ0v) is 11.6. The van der Waals surface area contributed by atoms with Gasteiger partial charge in [0.2, 0.25) is 0 Å². The number of phenolic OH excluding ortho intramolecular Hbond substituents is 1. The molecule has 3 aromatic carbocycles. The minimum Gasteiger partial charge on any atom is -0.506 e. The number of hydrogen-bond acceptors (Lipinski definition) is 3. The summed E-state index contributed by atoms with van der Waals surface area (Å²) in [6.07, 6.45) is 0. The summed E-state index contributed by atoms with van der Waals surface area (Å²) in [6.45, 7) is 0. The van der Waals surface area contributed by atoms with E-state index in [1.807, 2.05) is 24.3 Å². The van der Waals surface area contributed by atoms with Gasteiger partial charge in [-0.1, -0.05) is 30.3 Å². The molecule has 0 spiro atoms. The zero-order chi connectivity index (χ0) is 15.5. The molecule has 0 bridgehead atoms. The molecule has 0 aromatic heterocycles. The summed E-state index contributed by atoms with van der Waals surface area (Å²) in [5, 5.41) is 23.2. The van der Waals surface area contributed by atoms with Crippen LogP contribution in [0.1, 0.15) is 15.9 Å². The molecular formula is C18H12N2O2. The first kappa shape index (κ1) is 13.7. The number of anilines is 1. The zero-order valence-electron chi connectivity index (χ0n) is 11.6. The Bertz CT molecular complexity index is 893. The molecule has 0 heterocycles. The van der Waals surface area contributed by atoms with E-state index in [4.69, 9.17) is 5.26 Å². The summed E-state index contributed by atoms with van der Waals surface area (Å²) in [6, 6.07) is 19.3. The lowest BCUT2D eigenvalue weighted by Gasteiger charge is -2.09. The largest absolute Gasteiger partial charge is 0.506 e. The average molecular weight is 288 g/mol. The molecule has 0 fully saturated rings. The first-order valence-corrected chi connectivity index (χ1v) is 6.71. The molecule has 4 heteroatoms. The summed E-state index contributed by atoms with van der Waals surface area (Å²) in [5.41, 5.74) is 1.30. The average Bonchev–Trinajstić information content (AvgIpc) is 2.56. The molecule has 1 amide bonds. The Kier molecular flexibility index (Phi) is 3.47. The number of aromatic hydroxyl groups is 1. The summed E-state index contributed by atoms with van der Waals surface area (Å²) < 4.78 is 0. The quantitative estimate of drug-likeness (QED) is 0.755. The fourth-order valence-electron chi connectivity index (χ4n) is 2.26. The number of carbonyl (C=O) groups is 1. The van der Waals surface area contributed by atoms with Gasteiger partial charge in [0.15, 0.2) is 0 Å². The third-order valence-electron chi connectivity index (χ3n) is 3.42. The molecule has 0 aliphatic rings. The van der Waals surface area contributed by atoms with E-state index in [1.54, 1.807) is 42.5 Å². The topological polar surface area (TPSA) is 73.1 Å². The molecule has 3 rings (SSSR count). The Morgan fingerprint density at radius 2 is 1.73 bits per heavy atom. The molecule has 106 valence electrons. The number of benzene rings is 3. The Hall–Kier alpha value is -3.32. The van der Waals surface area contributed by atoms with Crippen LogP contribution in [0.25, 0.3) is 10.8 Å². The molecule has 0 atom stereocenters. The number of nitriles is 1. The van der Waals surface area contributed by atoms with Crippen LogP contribution in [0, 0.1) is 11.3 Å². The van der Waals surface area contributed by atoms with Crippen LogP contribution in [-0.2, 0) is 0 Å². The van der Waals surface area contributed by atoms with Crippen molar-refractivity contribution in [2.24, 2.45) is 0 Å². The third kappa shape index (κ3) is 2.48. The molecule has 3 aromatic rings. The highest BCUT2D eigenvalue weighted by molar-refractivity contribution is 6.09. The van der Waals surface area contributed by atoms with Crippen LogP contribution in [0.2, 0.25) is 0 Å². The second-order valence-electron chi connectivity index (χ2n) is 4.83. The Balaban J connectivity index is 1.91. The number of hydrogen-bond donors (Lipinski definition) is 2. The second-order valence-corrected chi connectivity index (χ2v) is 4.83. The van der Waals surface area contributed by atoms with Crippen LogP contribution in [-0.4, -0.2) is 11.0 Å². The van der Waals surface area contributed by atoms with E-state index >= 15 is 0 Å². The van der Waals surface area contributed by atoms with Gasteiger partial charge in [-0.3, -0.25) is 4.79 Å². The predicted molar refractivity (Wildman–Crippen MR) is 84.7 cm³/mol. The van der Waals surface area contributed by atoms with Crippen molar-refractivity contribution in [3.05, 3.63) is 71.8 Å². The summed E-state index contributed by atoms with van der Waals surface area (Å²) in [5.74, 6) is -0.433. The van der Waals surface area contributed by atoms with Crippen LogP contribution in [0.15, 0.2) is 60.7 Å². The molecular weight excluding hydrogens is 276 g/mol. The van der Waals surface area contributed by atoms with E-state index in [0.29, 0.717) is 16.6 Å². The molecule has 2 N–H and O–H groups in total. The minimum atomic E-state index is -0.395. The van der Waals surface area contributed by atoms with E-state index in [1.165, 1.54) is 0 Å². The van der Waals surface area contributed by atoms with Crippen molar-refractivity contribution < 1.29 is 9.90 Å². The van der Waals surface area contributed by atoms with Crippen LogP contribution in [0.5, 0.6) is 5.75 Å². The van der Waals surface area contributed by atoms with Gasteiger partial charge < -0.3 is 10.4 Å². The summed E-state index contributed by atoms with van der Waals surface area (Å²) in [4.78, 5) is 12.3. The third-order valence-corrected chi connectivity index (χ3v) is 3.42. The minimum absolute atomic E-state index is 0.0377. The van der Waals surface area contributed by atoms with Gasteiger partial charge in [-0.15, -0.1) is 0 Å². The maximum Gasteiger partial charge on any atom is 0.259 e. The van der Waals surface area contributed by atoms with Crippen LogP contribution < -0.4 is 5.32 Å². The van der Waals surface area contributed by atoms with Gasteiger partial charge in [0.05, 0.1) is 17.2 Å². The van der Waals surface area contributed by atoms with E-state index in [2.05, 4.69) is 5.32 Å². The molecule has 0 aliphatic heterocycles. The van der Waals surface area contributed by atoms with E-state index in [9.17, 15) is 9.90 Å². The van der Waals surface area contributed by atoms with Gasteiger partial charge in [0, 0.05) is 11.1 Å². The van der Waals surface area contributed by atoms with Gasteiger partial charge >= 0.3 is 0 Å². The first-order chi connectivity index (χ1) is 10.7. The van der Waals surface area contributed by atoms with Gasteiger partial charge in [-0.2, -0.15) is 5.26 Å². The molecule has 4 nitrogen and oxygen atoms in total.